The molecule has 1 aromatic carbocycles. The molecular formula is C16H25NO3. The normalized spacial score (nSPS) is 14.7. The number of nitrogens with zero attached hydrogens (tertiary/aromatic N) is 1. The molecule has 0 spiro atoms. The zero-order valence-electron chi connectivity index (χ0n) is 12.5. The maximum absolute atomic E-state index is 9.47. The van der Waals surface area contributed by atoms with Gasteiger partial charge in [0.2, 0.25) is 0 Å². The van der Waals surface area contributed by atoms with Crippen LogP contribution in [0.15, 0.2) is 30.3 Å². The predicted octanol–water partition coefficient (Wildman–Crippen LogP) is 1.77. The molecule has 0 saturated carbocycles. The molecule has 0 aliphatic heterocycles. The molecule has 0 saturated heterocycles. The van der Waals surface area contributed by atoms with Crippen molar-refractivity contribution in [1.82, 2.24) is 4.90 Å². The number of aliphatic hydroxyl groups is 2. The van der Waals surface area contributed by atoms with Gasteiger partial charge in [0.15, 0.2) is 0 Å². The van der Waals surface area contributed by atoms with Crippen molar-refractivity contribution in [2.24, 2.45) is 0 Å². The molecule has 20 heavy (non-hydrogen) atoms. The van der Waals surface area contributed by atoms with Crippen molar-refractivity contribution in [3.8, 4) is 5.75 Å². The predicted molar refractivity (Wildman–Crippen MR) is 81.8 cm³/mol. The number of benzene rings is 1. The summed E-state index contributed by atoms with van der Waals surface area (Å²) in [5.41, 5.74) is 1.02. The van der Waals surface area contributed by atoms with E-state index >= 15 is 0 Å². The minimum Gasteiger partial charge on any atom is -0.496 e. The van der Waals surface area contributed by atoms with Crippen LogP contribution in [0.4, 0.5) is 0 Å². The molecule has 0 heterocycles. The molecule has 0 fully saturated rings. The molecule has 0 radical (unpaired) electrons. The first-order valence-corrected chi connectivity index (χ1v) is 6.91. The minimum atomic E-state index is -0.409. The van der Waals surface area contributed by atoms with E-state index in [0.717, 1.165) is 11.3 Å². The molecule has 4 nitrogen and oxygen atoms in total. The Morgan fingerprint density at radius 2 is 1.75 bits per heavy atom. The summed E-state index contributed by atoms with van der Waals surface area (Å²) in [5, 5.41) is 18.9. The summed E-state index contributed by atoms with van der Waals surface area (Å²) in [7, 11) is 1.65. The number of rotatable bonds is 8. The molecule has 112 valence electrons. The first-order valence-electron chi connectivity index (χ1n) is 6.91. The van der Waals surface area contributed by atoms with Crippen LogP contribution in [-0.2, 0) is 0 Å². The highest BCUT2D eigenvalue weighted by molar-refractivity contribution is 5.57. The van der Waals surface area contributed by atoms with Gasteiger partial charge < -0.3 is 14.9 Å². The average Bonchev–Trinajstić information content (AvgIpc) is 2.37. The Labute approximate surface area is 121 Å². The Balaban J connectivity index is 2.63. The fourth-order valence-corrected chi connectivity index (χ4v) is 2.10. The van der Waals surface area contributed by atoms with Crippen LogP contribution in [0.25, 0.3) is 6.08 Å². The Morgan fingerprint density at radius 3 is 2.30 bits per heavy atom. The van der Waals surface area contributed by atoms with Gasteiger partial charge in [-0.05, 0) is 19.9 Å². The first-order chi connectivity index (χ1) is 9.52. The van der Waals surface area contributed by atoms with Crippen LogP contribution in [0.3, 0.4) is 0 Å². The molecule has 1 rings (SSSR count). The van der Waals surface area contributed by atoms with Crippen LogP contribution < -0.4 is 4.74 Å². The van der Waals surface area contributed by atoms with Crippen molar-refractivity contribution in [1.29, 1.82) is 0 Å². The summed E-state index contributed by atoms with van der Waals surface area (Å²) in [6.07, 6.45) is 3.19. The Hall–Kier alpha value is -1.36. The van der Waals surface area contributed by atoms with Crippen LogP contribution >= 0.6 is 0 Å². The molecule has 1 aromatic rings. The second-order valence-electron chi connectivity index (χ2n) is 5.06. The number of methoxy groups -OCH3 is 1. The SMILES string of the molecule is COc1ccccc1/C=C/CN(C[C@H](C)O)C[C@H](C)O. The number of hydrogen-bond donors (Lipinski definition) is 2. The lowest BCUT2D eigenvalue weighted by Crippen LogP contribution is -2.36. The van der Waals surface area contributed by atoms with Crippen LogP contribution in [0, 0.1) is 0 Å². The molecule has 0 unspecified atom stereocenters. The van der Waals surface area contributed by atoms with E-state index in [0.29, 0.717) is 19.6 Å². The van der Waals surface area contributed by atoms with Crippen LogP contribution in [0.5, 0.6) is 5.75 Å². The maximum Gasteiger partial charge on any atom is 0.126 e. The monoisotopic (exact) mass is 279 g/mol. The van der Waals surface area contributed by atoms with Crippen LogP contribution in [0.1, 0.15) is 19.4 Å². The maximum atomic E-state index is 9.47. The zero-order valence-corrected chi connectivity index (χ0v) is 12.5. The lowest BCUT2D eigenvalue weighted by Gasteiger charge is -2.23. The van der Waals surface area contributed by atoms with E-state index in [1.54, 1.807) is 21.0 Å². The lowest BCUT2D eigenvalue weighted by molar-refractivity contribution is 0.0907. The van der Waals surface area contributed by atoms with Gasteiger partial charge >= 0.3 is 0 Å². The summed E-state index contributed by atoms with van der Waals surface area (Å²) < 4.78 is 5.29. The highest BCUT2D eigenvalue weighted by Gasteiger charge is 2.09. The fraction of sp³-hybridized carbons (Fsp3) is 0.500. The second-order valence-corrected chi connectivity index (χ2v) is 5.06. The van der Waals surface area contributed by atoms with Crippen molar-refractivity contribution >= 4 is 6.08 Å². The Morgan fingerprint density at radius 1 is 1.15 bits per heavy atom. The molecule has 0 amide bonds. The lowest BCUT2D eigenvalue weighted by atomic mass is 10.2. The number of aliphatic hydroxyl groups excluding tert-OH is 2. The largest absolute Gasteiger partial charge is 0.496 e. The van der Waals surface area contributed by atoms with Gasteiger partial charge in [-0.15, -0.1) is 0 Å². The first kappa shape index (κ1) is 16.7. The summed E-state index contributed by atoms with van der Waals surface area (Å²) in [5.74, 6) is 0.835. The van der Waals surface area contributed by atoms with E-state index in [9.17, 15) is 10.2 Å². The standard InChI is InChI=1S/C16H25NO3/c1-13(18)11-17(12-14(2)19)10-6-8-15-7-4-5-9-16(15)20-3/h4-9,13-14,18-19H,10-12H2,1-3H3/b8-6+/t13-,14-/m0/s1. The average molecular weight is 279 g/mol. The van der Waals surface area contributed by atoms with E-state index in [1.807, 2.05) is 41.3 Å². The highest BCUT2D eigenvalue weighted by Crippen LogP contribution is 2.18. The second kappa shape index (κ2) is 8.74. The molecule has 0 aromatic heterocycles. The smallest absolute Gasteiger partial charge is 0.126 e. The molecule has 4 heteroatoms. The minimum absolute atomic E-state index is 0.409. The van der Waals surface area contributed by atoms with E-state index in [2.05, 4.69) is 0 Å². The quantitative estimate of drug-likeness (QED) is 0.761. The number of para-hydroxylation sites is 1. The highest BCUT2D eigenvalue weighted by atomic mass is 16.5. The number of hydrogen-bond acceptors (Lipinski definition) is 4. The van der Waals surface area contributed by atoms with Gasteiger partial charge in [-0.25, -0.2) is 0 Å². The third kappa shape index (κ3) is 6.19. The molecule has 2 N–H and O–H groups in total. The van der Waals surface area contributed by atoms with Crippen molar-refractivity contribution in [3.05, 3.63) is 35.9 Å². The third-order valence-corrected chi connectivity index (χ3v) is 2.84. The van der Waals surface area contributed by atoms with Gasteiger partial charge in [-0.2, -0.15) is 0 Å². The third-order valence-electron chi connectivity index (χ3n) is 2.84. The molecule has 0 aliphatic rings. The van der Waals surface area contributed by atoms with Crippen molar-refractivity contribution in [2.75, 3.05) is 26.7 Å². The van der Waals surface area contributed by atoms with Crippen LogP contribution in [0.2, 0.25) is 0 Å². The summed E-state index contributed by atoms with van der Waals surface area (Å²) in [4.78, 5) is 2.02. The summed E-state index contributed by atoms with van der Waals surface area (Å²) in [6, 6.07) is 7.81. The fourth-order valence-electron chi connectivity index (χ4n) is 2.10. The van der Waals surface area contributed by atoms with E-state index in [-0.39, 0.29) is 0 Å². The van der Waals surface area contributed by atoms with Crippen LogP contribution in [-0.4, -0.2) is 54.1 Å². The van der Waals surface area contributed by atoms with Crippen molar-refractivity contribution in [2.45, 2.75) is 26.1 Å². The summed E-state index contributed by atoms with van der Waals surface area (Å²) in [6.45, 7) is 5.26. The Kier molecular flexibility index (Phi) is 7.30. The van der Waals surface area contributed by atoms with Gasteiger partial charge in [0, 0.05) is 25.2 Å². The van der Waals surface area contributed by atoms with E-state index in [4.69, 9.17) is 4.74 Å². The van der Waals surface area contributed by atoms with Crippen molar-refractivity contribution < 1.29 is 14.9 Å². The zero-order chi connectivity index (χ0) is 15.0. The molecule has 0 bridgehead atoms. The van der Waals surface area contributed by atoms with Crippen molar-refractivity contribution in [3.63, 3.8) is 0 Å². The summed E-state index contributed by atoms with van der Waals surface area (Å²) >= 11 is 0. The Bertz CT molecular complexity index is 406. The van der Waals surface area contributed by atoms with Gasteiger partial charge in [0.05, 0.1) is 19.3 Å². The number of ether oxygens (including phenoxy) is 1. The van der Waals surface area contributed by atoms with Gasteiger partial charge in [0.1, 0.15) is 5.75 Å². The van der Waals surface area contributed by atoms with Gasteiger partial charge in [-0.3, -0.25) is 4.90 Å². The van der Waals surface area contributed by atoms with E-state index < -0.39 is 12.2 Å². The molecular weight excluding hydrogens is 254 g/mol. The van der Waals surface area contributed by atoms with Gasteiger partial charge in [0.25, 0.3) is 0 Å². The molecule has 2 atom stereocenters. The topological polar surface area (TPSA) is 52.9 Å². The van der Waals surface area contributed by atoms with Gasteiger partial charge in [-0.1, -0.05) is 30.4 Å². The van der Waals surface area contributed by atoms with E-state index in [1.165, 1.54) is 0 Å². The molecule has 0 aliphatic carbocycles.